The lowest BCUT2D eigenvalue weighted by molar-refractivity contribution is -0.123. The summed E-state index contributed by atoms with van der Waals surface area (Å²) in [7, 11) is 1.61. The van der Waals surface area contributed by atoms with Crippen molar-refractivity contribution in [2.75, 3.05) is 33.5 Å². The first-order chi connectivity index (χ1) is 17.1. The van der Waals surface area contributed by atoms with E-state index < -0.39 is 12.1 Å². The molecule has 5 rings (SSSR count). The zero-order valence-corrected chi connectivity index (χ0v) is 20.2. The first-order valence-electron chi connectivity index (χ1n) is 12.5. The maximum Gasteiger partial charge on any atom is 0.223 e. The standard InChI is InChI=1S/C27H34N2O6/c1-32-21-7-9-22(10-8-21)33-13-12-26(30)28-23(17-29-19-3-4-20(29)6-5-19)27(31)18-2-11-24-25(16-18)35-15-14-34-24/h2,7-11,16,19-20,23,27,31H,3-6,12-15,17H2,1H3,(H,28,30). The molecule has 3 aliphatic rings. The molecule has 2 fully saturated rings. The van der Waals surface area contributed by atoms with Crippen LogP contribution in [0.2, 0.25) is 0 Å². The number of benzene rings is 2. The van der Waals surface area contributed by atoms with Crippen LogP contribution in [0.3, 0.4) is 0 Å². The normalized spacial score (nSPS) is 22.5. The number of carbonyl (C=O) groups excluding carboxylic acids is 1. The minimum atomic E-state index is -0.864. The van der Waals surface area contributed by atoms with Gasteiger partial charge in [-0.2, -0.15) is 0 Å². The molecular formula is C27H34N2O6. The third-order valence-electron chi connectivity index (χ3n) is 7.30. The van der Waals surface area contributed by atoms with Gasteiger partial charge < -0.3 is 29.4 Å². The fourth-order valence-electron chi connectivity index (χ4n) is 5.46. The number of amides is 1. The molecule has 35 heavy (non-hydrogen) atoms. The van der Waals surface area contributed by atoms with Gasteiger partial charge in [-0.25, -0.2) is 0 Å². The van der Waals surface area contributed by atoms with E-state index in [2.05, 4.69) is 10.2 Å². The van der Waals surface area contributed by atoms with Crippen LogP contribution in [-0.4, -0.2) is 67.5 Å². The Morgan fingerprint density at radius 3 is 2.37 bits per heavy atom. The number of aliphatic hydroxyl groups is 1. The topological polar surface area (TPSA) is 89.5 Å². The molecule has 0 radical (unpaired) electrons. The molecule has 8 heteroatoms. The molecule has 3 heterocycles. The summed E-state index contributed by atoms with van der Waals surface area (Å²) in [6.45, 7) is 1.87. The van der Waals surface area contributed by atoms with E-state index >= 15 is 0 Å². The van der Waals surface area contributed by atoms with Gasteiger partial charge in [0.2, 0.25) is 5.91 Å². The van der Waals surface area contributed by atoms with Crippen molar-refractivity contribution < 1.29 is 28.8 Å². The summed E-state index contributed by atoms with van der Waals surface area (Å²) < 4.78 is 22.2. The number of hydrogen-bond donors (Lipinski definition) is 2. The van der Waals surface area contributed by atoms with Crippen molar-refractivity contribution in [2.24, 2.45) is 0 Å². The lowest BCUT2D eigenvalue weighted by Crippen LogP contribution is -2.48. The van der Waals surface area contributed by atoms with Crippen molar-refractivity contribution >= 4 is 5.91 Å². The molecule has 2 N–H and O–H groups in total. The smallest absolute Gasteiger partial charge is 0.223 e. The quantitative estimate of drug-likeness (QED) is 0.538. The molecule has 2 aromatic carbocycles. The Hall–Kier alpha value is -2.97. The van der Waals surface area contributed by atoms with Crippen molar-refractivity contribution in [3.05, 3.63) is 48.0 Å². The molecule has 2 saturated heterocycles. The molecule has 8 nitrogen and oxygen atoms in total. The number of ether oxygens (including phenoxy) is 4. The van der Waals surface area contributed by atoms with Gasteiger partial charge >= 0.3 is 0 Å². The molecule has 0 aromatic heterocycles. The highest BCUT2D eigenvalue weighted by Crippen LogP contribution is 2.39. The third-order valence-corrected chi connectivity index (χ3v) is 7.30. The number of rotatable bonds is 10. The van der Waals surface area contributed by atoms with Gasteiger partial charge in [-0.3, -0.25) is 9.69 Å². The number of nitrogens with one attached hydrogen (secondary N) is 1. The second-order valence-corrected chi connectivity index (χ2v) is 9.46. The van der Waals surface area contributed by atoms with E-state index in [0.717, 1.165) is 5.75 Å². The van der Waals surface area contributed by atoms with Crippen molar-refractivity contribution in [3.63, 3.8) is 0 Å². The molecule has 3 aliphatic heterocycles. The number of fused-ring (bicyclic) bond motifs is 3. The fourth-order valence-corrected chi connectivity index (χ4v) is 5.46. The Balaban J connectivity index is 1.23. The monoisotopic (exact) mass is 482 g/mol. The summed E-state index contributed by atoms with van der Waals surface area (Å²) >= 11 is 0. The predicted molar refractivity (Wildman–Crippen MR) is 130 cm³/mol. The minimum Gasteiger partial charge on any atom is -0.497 e. The Morgan fingerprint density at radius 1 is 1.03 bits per heavy atom. The van der Waals surface area contributed by atoms with Crippen molar-refractivity contribution in [1.29, 1.82) is 0 Å². The van der Waals surface area contributed by atoms with Gasteiger partial charge in [-0.15, -0.1) is 0 Å². The molecule has 0 aliphatic carbocycles. The second kappa shape index (κ2) is 10.7. The van der Waals surface area contributed by atoms with Crippen LogP contribution in [0, 0.1) is 0 Å². The molecule has 2 unspecified atom stereocenters. The van der Waals surface area contributed by atoms with Gasteiger partial charge in [0.1, 0.15) is 30.8 Å². The van der Waals surface area contributed by atoms with Crippen molar-refractivity contribution in [2.45, 2.75) is 56.3 Å². The minimum absolute atomic E-state index is 0.147. The van der Waals surface area contributed by atoms with Crippen LogP contribution in [-0.2, 0) is 4.79 Å². The molecule has 188 valence electrons. The van der Waals surface area contributed by atoms with E-state index in [1.165, 1.54) is 25.7 Å². The molecule has 2 bridgehead atoms. The van der Waals surface area contributed by atoms with Gasteiger partial charge in [0.15, 0.2) is 11.5 Å². The van der Waals surface area contributed by atoms with Gasteiger partial charge in [-0.05, 0) is 67.6 Å². The molecule has 2 aromatic rings. The number of methoxy groups -OCH3 is 1. The van der Waals surface area contributed by atoms with Gasteiger partial charge in [0.25, 0.3) is 0 Å². The average molecular weight is 483 g/mol. The van der Waals surface area contributed by atoms with Gasteiger partial charge in [0, 0.05) is 18.6 Å². The number of aliphatic hydroxyl groups excluding tert-OH is 1. The molecule has 1 amide bonds. The van der Waals surface area contributed by atoms with Crippen molar-refractivity contribution in [3.8, 4) is 23.0 Å². The number of nitrogens with zero attached hydrogens (tertiary/aromatic N) is 1. The summed E-state index contributed by atoms with van der Waals surface area (Å²) in [5, 5.41) is 14.4. The molecule has 2 atom stereocenters. The first-order valence-corrected chi connectivity index (χ1v) is 12.5. The Labute approximate surface area is 206 Å². The highest BCUT2D eigenvalue weighted by Gasteiger charge is 2.41. The van der Waals surface area contributed by atoms with Gasteiger partial charge in [-0.1, -0.05) is 6.07 Å². The Morgan fingerprint density at radius 2 is 1.69 bits per heavy atom. The highest BCUT2D eigenvalue weighted by atomic mass is 16.6. The van der Waals surface area contributed by atoms with Crippen LogP contribution < -0.4 is 24.3 Å². The van der Waals surface area contributed by atoms with Crippen LogP contribution in [0.1, 0.15) is 43.8 Å². The fraction of sp³-hybridized carbons (Fsp3) is 0.519. The third kappa shape index (κ3) is 5.49. The largest absolute Gasteiger partial charge is 0.497 e. The molecular weight excluding hydrogens is 448 g/mol. The molecule has 0 spiro atoms. The lowest BCUT2D eigenvalue weighted by Gasteiger charge is -2.32. The average Bonchev–Trinajstić information content (AvgIpc) is 3.47. The summed E-state index contributed by atoms with van der Waals surface area (Å²) in [6, 6.07) is 13.4. The van der Waals surface area contributed by atoms with E-state index in [-0.39, 0.29) is 18.9 Å². The predicted octanol–water partition coefficient (Wildman–Crippen LogP) is 3.08. The Kier molecular flexibility index (Phi) is 7.29. The molecule has 0 saturated carbocycles. The van der Waals surface area contributed by atoms with Gasteiger partial charge in [0.05, 0.1) is 26.2 Å². The summed E-state index contributed by atoms with van der Waals surface area (Å²) in [4.78, 5) is 15.4. The van der Waals surface area contributed by atoms with E-state index in [4.69, 9.17) is 18.9 Å². The second-order valence-electron chi connectivity index (χ2n) is 9.46. The van der Waals surface area contributed by atoms with E-state index in [9.17, 15) is 9.90 Å². The maximum absolute atomic E-state index is 12.9. The Bertz CT molecular complexity index is 993. The lowest BCUT2D eigenvalue weighted by atomic mass is 10.0. The first kappa shape index (κ1) is 23.8. The maximum atomic E-state index is 12.9. The SMILES string of the molecule is COc1ccc(OCCC(=O)NC(CN2C3CCC2CC3)C(O)c2ccc3c(c2)OCCO3)cc1. The van der Waals surface area contributed by atoms with Crippen LogP contribution in [0.25, 0.3) is 0 Å². The zero-order chi connectivity index (χ0) is 24.2. The summed E-state index contributed by atoms with van der Waals surface area (Å²) in [6.07, 6.45) is 4.12. The summed E-state index contributed by atoms with van der Waals surface area (Å²) in [5.41, 5.74) is 0.709. The van der Waals surface area contributed by atoms with Crippen LogP contribution in [0.5, 0.6) is 23.0 Å². The number of carbonyl (C=O) groups is 1. The van der Waals surface area contributed by atoms with Crippen LogP contribution >= 0.6 is 0 Å². The van der Waals surface area contributed by atoms with Crippen LogP contribution in [0.4, 0.5) is 0 Å². The van der Waals surface area contributed by atoms with E-state index in [1.54, 1.807) is 7.11 Å². The van der Waals surface area contributed by atoms with Crippen LogP contribution in [0.15, 0.2) is 42.5 Å². The number of hydrogen-bond acceptors (Lipinski definition) is 7. The summed E-state index contributed by atoms with van der Waals surface area (Å²) in [5.74, 6) is 2.60. The zero-order valence-electron chi connectivity index (χ0n) is 20.2. The van der Waals surface area contributed by atoms with Crippen molar-refractivity contribution in [1.82, 2.24) is 10.2 Å². The van der Waals surface area contributed by atoms with E-state index in [1.807, 2.05) is 42.5 Å². The van der Waals surface area contributed by atoms with E-state index in [0.29, 0.717) is 54.7 Å². The highest BCUT2D eigenvalue weighted by molar-refractivity contribution is 5.76.